The fraction of sp³-hybridized carbons (Fsp3) is 0.833. The van der Waals surface area contributed by atoms with Crippen LogP contribution in [0.3, 0.4) is 0 Å². The molecule has 0 amide bonds. The minimum absolute atomic E-state index is 0. The molecule has 0 aromatic rings. The first-order valence-corrected chi connectivity index (χ1v) is 2.90. The fourth-order valence-electron chi connectivity index (χ4n) is 0.496. The third kappa shape index (κ3) is 38.9. The third-order valence-electron chi connectivity index (χ3n) is 0.952. The molecule has 0 aromatic carbocycles. The molecule has 5 heteroatoms. The van der Waals surface area contributed by atoms with Crippen molar-refractivity contribution in [1.29, 1.82) is 5.41 Å². The average Bonchev–Trinajstić information content (AvgIpc) is 1.69. The molecule has 1 radical (unpaired) electrons. The first-order valence-electron chi connectivity index (χ1n) is 2.90. The van der Waals surface area contributed by atoms with Gasteiger partial charge >= 0.3 is 0 Å². The predicted octanol–water partition coefficient (Wildman–Crippen LogP) is -0.260. The van der Waals surface area contributed by atoms with E-state index in [1.807, 2.05) is 0 Å². The van der Waals surface area contributed by atoms with Gasteiger partial charge in [-0.05, 0) is 19.1 Å². The average molecular weight is 345 g/mol. The van der Waals surface area contributed by atoms with Crippen molar-refractivity contribution < 1.29 is 36.5 Å². The van der Waals surface area contributed by atoms with Crippen LogP contribution in [0.15, 0.2) is 0 Å². The number of rotatable bonds is 4. The molecule has 0 atom stereocenters. The SMILES string of the molecule is CCCCCC=N.O.O.O.[Ir]. The van der Waals surface area contributed by atoms with E-state index in [-0.39, 0.29) is 36.5 Å². The van der Waals surface area contributed by atoms with Gasteiger partial charge in [-0.3, -0.25) is 0 Å². The second-order valence-corrected chi connectivity index (χ2v) is 1.70. The van der Waals surface area contributed by atoms with E-state index < -0.39 is 0 Å². The van der Waals surface area contributed by atoms with Crippen molar-refractivity contribution in [3.63, 3.8) is 0 Å². The van der Waals surface area contributed by atoms with Crippen molar-refractivity contribution in [3.8, 4) is 0 Å². The number of hydrogen-bond donors (Lipinski definition) is 1. The van der Waals surface area contributed by atoms with Gasteiger partial charge in [0.1, 0.15) is 0 Å². The standard InChI is InChI=1S/C6H13N.Ir.3H2O/c1-2-3-4-5-6-7;;;;/h6-7H,2-5H2,1H3;;3*1H2. The summed E-state index contributed by atoms with van der Waals surface area (Å²) < 4.78 is 0. The maximum absolute atomic E-state index is 6.66. The Morgan fingerprint density at radius 3 is 1.82 bits per heavy atom. The summed E-state index contributed by atoms with van der Waals surface area (Å²) in [6.45, 7) is 2.17. The van der Waals surface area contributed by atoms with Crippen molar-refractivity contribution in [2.45, 2.75) is 32.6 Å². The molecule has 75 valence electrons. The predicted molar refractivity (Wildman–Crippen MR) is 43.8 cm³/mol. The summed E-state index contributed by atoms with van der Waals surface area (Å²) in [5, 5.41) is 6.66. The zero-order valence-corrected chi connectivity index (χ0v) is 9.13. The molecular weight excluding hydrogens is 326 g/mol. The van der Waals surface area contributed by atoms with E-state index in [1.165, 1.54) is 25.5 Å². The molecule has 0 bridgehead atoms. The molecule has 0 aliphatic heterocycles. The molecule has 0 rings (SSSR count). The molecule has 0 aliphatic rings. The minimum Gasteiger partial charge on any atom is -0.412 e. The van der Waals surface area contributed by atoms with Crippen LogP contribution in [0.1, 0.15) is 32.6 Å². The van der Waals surface area contributed by atoms with Gasteiger partial charge in [0, 0.05) is 20.1 Å². The molecule has 11 heavy (non-hydrogen) atoms. The van der Waals surface area contributed by atoms with E-state index in [0.29, 0.717) is 0 Å². The zero-order valence-electron chi connectivity index (χ0n) is 6.74. The van der Waals surface area contributed by atoms with Crippen molar-refractivity contribution >= 4 is 6.21 Å². The van der Waals surface area contributed by atoms with E-state index >= 15 is 0 Å². The summed E-state index contributed by atoms with van der Waals surface area (Å²) in [4.78, 5) is 0. The van der Waals surface area contributed by atoms with E-state index in [9.17, 15) is 0 Å². The Bertz CT molecular complexity index is 55.1. The minimum atomic E-state index is 0. The van der Waals surface area contributed by atoms with Crippen LogP contribution < -0.4 is 0 Å². The van der Waals surface area contributed by atoms with Crippen LogP contribution in [-0.4, -0.2) is 22.6 Å². The van der Waals surface area contributed by atoms with Crippen molar-refractivity contribution in [1.82, 2.24) is 0 Å². The molecule has 4 nitrogen and oxygen atoms in total. The molecule has 0 aromatic heterocycles. The van der Waals surface area contributed by atoms with Gasteiger partial charge in [-0.2, -0.15) is 0 Å². The van der Waals surface area contributed by atoms with Gasteiger partial charge in [0.05, 0.1) is 0 Å². The summed E-state index contributed by atoms with van der Waals surface area (Å²) in [6.07, 6.45) is 6.17. The topological polar surface area (TPSA) is 118 Å². The number of nitrogens with one attached hydrogen (secondary N) is 1. The Morgan fingerprint density at radius 1 is 1.09 bits per heavy atom. The molecule has 0 saturated carbocycles. The number of unbranched alkanes of at least 4 members (excludes halogenated alkanes) is 3. The molecule has 0 heterocycles. The molecule has 7 N–H and O–H groups in total. The third-order valence-corrected chi connectivity index (χ3v) is 0.952. The van der Waals surface area contributed by atoms with Crippen molar-refractivity contribution in [2.75, 3.05) is 0 Å². The summed E-state index contributed by atoms with van der Waals surface area (Å²) in [5.74, 6) is 0. The van der Waals surface area contributed by atoms with Gasteiger partial charge in [-0.25, -0.2) is 0 Å². The van der Waals surface area contributed by atoms with Crippen LogP contribution in [0.25, 0.3) is 0 Å². The smallest absolute Gasteiger partial charge is 0 e. The van der Waals surface area contributed by atoms with Crippen LogP contribution >= 0.6 is 0 Å². The molecule has 0 saturated heterocycles. The summed E-state index contributed by atoms with van der Waals surface area (Å²) in [5.41, 5.74) is 0. The van der Waals surface area contributed by atoms with E-state index in [4.69, 9.17) is 5.41 Å². The van der Waals surface area contributed by atoms with Gasteiger partial charge in [0.2, 0.25) is 0 Å². The summed E-state index contributed by atoms with van der Waals surface area (Å²) in [6, 6.07) is 0. The Kier molecular flexibility index (Phi) is 88.0. The summed E-state index contributed by atoms with van der Waals surface area (Å²) >= 11 is 0. The van der Waals surface area contributed by atoms with E-state index in [0.717, 1.165) is 6.42 Å². The van der Waals surface area contributed by atoms with Crippen LogP contribution in [-0.2, 0) is 20.1 Å². The Labute approximate surface area is 81.2 Å². The summed E-state index contributed by atoms with van der Waals surface area (Å²) in [7, 11) is 0. The van der Waals surface area contributed by atoms with Gasteiger partial charge in [-0.1, -0.05) is 19.8 Å². The Balaban J connectivity index is -0.0000000300. The van der Waals surface area contributed by atoms with Crippen LogP contribution in [0.5, 0.6) is 0 Å². The van der Waals surface area contributed by atoms with E-state index in [2.05, 4.69) is 6.92 Å². The number of hydrogen-bond acceptors (Lipinski definition) is 1. The maximum Gasteiger partial charge on any atom is 0 e. The second kappa shape index (κ2) is 31.9. The Hall–Kier alpha value is 0.199. The normalized spacial score (nSPS) is 5.55. The second-order valence-electron chi connectivity index (χ2n) is 1.70. The first-order chi connectivity index (χ1) is 3.41. The quantitative estimate of drug-likeness (QED) is 0.534. The van der Waals surface area contributed by atoms with Gasteiger partial charge in [0.25, 0.3) is 0 Å². The molecule has 0 fully saturated rings. The Morgan fingerprint density at radius 2 is 1.55 bits per heavy atom. The molecular formula is C6H19IrNO3. The molecule has 0 aliphatic carbocycles. The van der Waals surface area contributed by atoms with Crippen LogP contribution in [0.4, 0.5) is 0 Å². The fourth-order valence-corrected chi connectivity index (χ4v) is 0.496. The van der Waals surface area contributed by atoms with Crippen LogP contribution in [0, 0.1) is 5.41 Å². The van der Waals surface area contributed by atoms with E-state index in [1.54, 1.807) is 0 Å². The largest absolute Gasteiger partial charge is 0.412 e. The molecule has 0 spiro atoms. The van der Waals surface area contributed by atoms with Gasteiger partial charge < -0.3 is 21.8 Å². The maximum atomic E-state index is 6.66. The van der Waals surface area contributed by atoms with Gasteiger partial charge in [-0.15, -0.1) is 0 Å². The molecule has 0 unspecified atom stereocenters. The van der Waals surface area contributed by atoms with Crippen LogP contribution in [0.2, 0.25) is 0 Å². The van der Waals surface area contributed by atoms with Crippen molar-refractivity contribution in [2.24, 2.45) is 0 Å². The zero-order chi connectivity index (χ0) is 5.54. The monoisotopic (exact) mass is 346 g/mol. The van der Waals surface area contributed by atoms with Crippen molar-refractivity contribution in [3.05, 3.63) is 0 Å². The van der Waals surface area contributed by atoms with Gasteiger partial charge in [0.15, 0.2) is 0 Å². The first kappa shape index (κ1) is 30.3.